The van der Waals surface area contributed by atoms with Crippen molar-refractivity contribution in [2.45, 2.75) is 32.8 Å². The number of hydrogen-bond acceptors (Lipinski definition) is 4. The molecule has 0 saturated carbocycles. The van der Waals surface area contributed by atoms with Gasteiger partial charge >= 0.3 is 5.97 Å². The molecule has 2 aromatic carbocycles. The van der Waals surface area contributed by atoms with Gasteiger partial charge in [0.1, 0.15) is 5.75 Å². The molecule has 0 fully saturated rings. The molecular weight excluding hydrogens is 304 g/mol. The van der Waals surface area contributed by atoms with Gasteiger partial charge in [0.25, 0.3) is 0 Å². The third kappa shape index (κ3) is 4.95. The van der Waals surface area contributed by atoms with E-state index in [2.05, 4.69) is 13.8 Å². The van der Waals surface area contributed by atoms with Crippen molar-refractivity contribution in [1.82, 2.24) is 0 Å². The number of carbonyl (C=O) groups excluding carboxylic acids is 2. The summed E-state index contributed by atoms with van der Waals surface area (Å²) in [5.41, 5.74) is 1.72. The first-order valence-electron chi connectivity index (χ1n) is 7.99. The standard InChI is InChI=1S/C20H22O4/c1-14(2)16-9-11-18(12-10-16)23-13-19(21)24-15(3)20(22)17-7-5-4-6-8-17/h4-12,14-15H,13H2,1-3H3. The second-order valence-corrected chi connectivity index (χ2v) is 5.87. The van der Waals surface area contributed by atoms with E-state index in [1.54, 1.807) is 31.2 Å². The van der Waals surface area contributed by atoms with E-state index in [4.69, 9.17) is 9.47 Å². The van der Waals surface area contributed by atoms with Crippen LogP contribution in [0.25, 0.3) is 0 Å². The molecule has 2 aromatic rings. The zero-order valence-electron chi connectivity index (χ0n) is 14.2. The highest BCUT2D eigenvalue weighted by molar-refractivity contribution is 6.00. The van der Waals surface area contributed by atoms with Gasteiger partial charge in [-0.05, 0) is 30.5 Å². The molecule has 0 aliphatic carbocycles. The predicted octanol–water partition coefficient (Wildman–Crippen LogP) is 4.00. The molecule has 4 nitrogen and oxygen atoms in total. The molecule has 4 heteroatoms. The molecule has 0 heterocycles. The SMILES string of the molecule is CC(OC(=O)COc1ccc(C(C)C)cc1)C(=O)c1ccccc1. The lowest BCUT2D eigenvalue weighted by Gasteiger charge is -2.13. The summed E-state index contributed by atoms with van der Waals surface area (Å²) in [5, 5.41) is 0. The first kappa shape index (κ1) is 17.7. The maximum absolute atomic E-state index is 12.1. The minimum absolute atomic E-state index is 0.229. The molecule has 0 aliphatic heterocycles. The van der Waals surface area contributed by atoms with Gasteiger partial charge in [0.2, 0.25) is 5.78 Å². The summed E-state index contributed by atoms with van der Waals surface area (Å²) in [5.74, 6) is 0.234. The van der Waals surface area contributed by atoms with Crippen molar-refractivity contribution in [2.24, 2.45) is 0 Å². The van der Waals surface area contributed by atoms with Crippen molar-refractivity contribution >= 4 is 11.8 Å². The fraction of sp³-hybridized carbons (Fsp3) is 0.300. The van der Waals surface area contributed by atoms with Crippen LogP contribution in [0.4, 0.5) is 0 Å². The van der Waals surface area contributed by atoms with E-state index >= 15 is 0 Å². The minimum Gasteiger partial charge on any atom is -0.482 e. The molecule has 0 saturated heterocycles. The predicted molar refractivity (Wildman–Crippen MR) is 92.4 cm³/mol. The number of esters is 1. The topological polar surface area (TPSA) is 52.6 Å². The Bertz CT molecular complexity index is 675. The zero-order valence-corrected chi connectivity index (χ0v) is 14.2. The molecular formula is C20H22O4. The summed E-state index contributed by atoms with van der Waals surface area (Å²) in [4.78, 5) is 24.0. The van der Waals surface area contributed by atoms with E-state index < -0.39 is 12.1 Å². The summed E-state index contributed by atoms with van der Waals surface area (Å²) in [6.07, 6.45) is -0.841. The lowest BCUT2D eigenvalue weighted by Crippen LogP contribution is -2.27. The molecule has 1 unspecified atom stereocenters. The van der Waals surface area contributed by atoms with Crippen molar-refractivity contribution in [3.8, 4) is 5.75 Å². The maximum Gasteiger partial charge on any atom is 0.344 e. The van der Waals surface area contributed by atoms with Crippen molar-refractivity contribution in [3.05, 3.63) is 65.7 Å². The Morgan fingerprint density at radius 3 is 2.12 bits per heavy atom. The molecule has 0 N–H and O–H groups in total. The van der Waals surface area contributed by atoms with Crippen LogP contribution in [0, 0.1) is 0 Å². The fourth-order valence-corrected chi connectivity index (χ4v) is 2.21. The van der Waals surface area contributed by atoms with Crippen LogP contribution in [0.15, 0.2) is 54.6 Å². The largest absolute Gasteiger partial charge is 0.482 e. The molecule has 1 atom stereocenters. The Morgan fingerprint density at radius 1 is 0.917 bits per heavy atom. The van der Waals surface area contributed by atoms with Gasteiger partial charge < -0.3 is 9.47 Å². The highest BCUT2D eigenvalue weighted by Gasteiger charge is 2.19. The van der Waals surface area contributed by atoms with Crippen LogP contribution in [-0.2, 0) is 9.53 Å². The summed E-state index contributed by atoms with van der Waals surface area (Å²) in [6.45, 7) is 5.55. The van der Waals surface area contributed by atoms with E-state index in [0.717, 1.165) is 0 Å². The fourth-order valence-electron chi connectivity index (χ4n) is 2.21. The summed E-state index contributed by atoms with van der Waals surface area (Å²) in [7, 11) is 0. The molecule has 126 valence electrons. The highest BCUT2D eigenvalue weighted by atomic mass is 16.6. The van der Waals surface area contributed by atoms with Crippen molar-refractivity contribution < 1.29 is 19.1 Å². The number of ketones is 1. The smallest absolute Gasteiger partial charge is 0.344 e. The van der Waals surface area contributed by atoms with Crippen molar-refractivity contribution in [1.29, 1.82) is 0 Å². The summed E-state index contributed by atoms with van der Waals surface area (Å²) < 4.78 is 10.5. The van der Waals surface area contributed by atoms with Gasteiger partial charge in [-0.1, -0.05) is 56.3 Å². The van der Waals surface area contributed by atoms with E-state index in [9.17, 15) is 9.59 Å². The second kappa shape index (κ2) is 8.29. The summed E-state index contributed by atoms with van der Waals surface area (Å²) in [6, 6.07) is 16.3. The molecule has 24 heavy (non-hydrogen) atoms. The average molecular weight is 326 g/mol. The van der Waals surface area contributed by atoms with Gasteiger partial charge in [0.05, 0.1) is 0 Å². The van der Waals surface area contributed by atoms with Crippen LogP contribution in [0.2, 0.25) is 0 Å². The quantitative estimate of drug-likeness (QED) is 0.570. The van der Waals surface area contributed by atoms with Crippen LogP contribution in [0.1, 0.15) is 42.6 Å². The van der Waals surface area contributed by atoms with Gasteiger partial charge in [-0.2, -0.15) is 0 Å². The number of ether oxygens (including phenoxy) is 2. The van der Waals surface area contributed by atoms with E-state index in [-0.39, 0.29) is 12.4 Å². The van der Waals surface area contributed by atoms with Gasteiger partial charge in [0, 0.05) is 5.56 Å². The first-order valence-corrected chi connectivity index (χ1v) is 7.99. The van der Waals surface area contributed by atoms with Gasteiger partial charge in [0.15, 0.2) is 12.7 Å². The minimum atomic E-state index is -0.841. The lowest BCUT2D eigenvalue weighted by molar-refractivity contribution is -0.148. The summed E-state index contributed by atoms with van der Waals surface area (Å²) >= 11 is 0. The Morgan fingerprint density at radius 2 is 1.54 bits per heavy atom. The number of benzene rings is 2. The third-order valence-electron chi connectivity index (χ3n) is 3.64. The Labute approximate surface area is 142 Å². The zero-order chi connectivity index (χ0) is 17.5. The van der Waals surface area contributed by atoms with Crippen LogP contribution in [-0.4, -0.2) is 24.5 Å². The molecule has 2 rings (SSSR count). The van der Waals surface area contributed by atoms with Crippen molar-refractivity contribution in [3.63, 3.8) is 0 Å². The molecule has 0 radical (unpaired) electrons. The molecule has 0 bridgehead atoms. The third-order valence-corrected chi connectivity index (χ3v) is 3.64. The number of hydrogen-bond donors (Lipinski definition) is 0. The number of carbonyl (C=O) groups is 2. The van der Waals surface area contributed by atoms with Gasteiger partial charge in [-0.15, -0.1) is 0 Å². The number of rotatable bonds is 7. The molecule has 0 aliphatic rings. The molecule has 0 spiro atoms. The lowest BCUT2D eigenvalue weighted by atomic mass is 10.0. The van der Waals surface area contributed by atoms with Crippen LogP contribution in [0.3, 0.4) is 0 Å². The maximum atomic E-state index is 12.1. The van der Waals surface area contributed by atoms with Gasteiger partial charge in [-0.3, -0.25) is 4.79 Å². The molecule has 0 amide bonds. The average Bonchev–Trinajstić information content (AvgIpc) is 2.60. The van der Waals surface area contributed by atoms with Crippen LogP contribution < -0.4 is 4.74 Å². The van der Waals surface area contributed by atoms with Crippen molar-refractivity contribution in [2.75, 3.05) is 6.61 Å². The second-order valence-electron chi connectivity index (χ2n) is 5.87. The van der Waals surface area contributed by atoms with E-state index in [1.807, 2.05) is 30.3 Å². The monoisotopic (exact) mass is 326 g/mol. The Kier molecular flexibility index (Phi) is 6.13. The van der Waals surface area contributed by atoms with Gasteiger partial charge in [-0.25, -0.2) is 4.79 Å². The Balaban J connectivity index is 1.83. The first-order chi connectivity index (χ1) is 11.5. The van der Waals surface area contributed by atoms with Crippen LogP contribution in [0.5, 0.6) is 5.75 Å². The van der Waals surface area contributed by atoms with E-state index in [1.165, 1.54) is 5.56 Å². The highest BCUT2D eigenvalue weighted by Crippen LogP contribution is 2.18. The molecule has 0 aromatic heterocycles. The van der Waals surface area contributed by atoms with Crippen LogP contribution >= 0.6 is 0 Å². The Hall–Kier alpha value is -2.62. The van der Waals surface area contributed by atoms with E-state index in [0.29, 0.717) is 17.2 Å². The number of Topliss-reactive ketones (excluding diaryl/α,β-unsaturated/α-hetero) is 1. The normalized spacial score (nSPS) is 11.8.